The highest BCUT2D eigenvalue weighted by molar-refractivity contribution is 6.73. The van der Waals surface area contributed by atoms with Crippen LogP contribution in [-0.2, 0) is 14.0 Å². The lowest BCUT2D eigenvalue weighted by Crippen LogP contribution is -2.75. The first-order chi connectivity index (χ1) is 16.1. The van der Waals surface area contributed by atoms with Crippen LogP contribution < -0.4 is 0 Å². The first-order valence-corrected chi connectivity index (χ1v) is 16.3. The van der Waals surface area contributed by atoms with Gasteiger partial charge in [0.25, 0.3) is 0 Å². The molecular weight excluding hydrogens is 460 g/mol. The second-order valence-electron chi connectivity index (χ2n) is 13.1. The summed E-state index contributed by atoms with van der Waals surface area (Å²) < 4.78 is 13.2. The summed E-state index contributed by atoms with van der Waals surface area (Å²) in [6.07, 6.45) is -1.89. The van der Waals surface area contributed by atoms with Crippen LogP contribution in [0, 0.1) is 28.1 Å². The molecule has 1 saturated heterocycles. The molecule has 0 radical (unpaired) electrons. The van der Waals surface area contributed by atoms with Gasteiger partial charge in [-0.25, -0.2) is 0 Å². The smallest absolute Gasteiger partial charge is 0.192 e. The maximum absolute atomic E-state index is 14.6. The van der Waals surface area contributed by atoms with Gasteiger partial charge in [-0.3, -0.25) is 4.79 Å². The molecule has 7 heteroatoms. The standard InChI is InChI=1S/C28H48O6Si/c1-10-35(11-2,12-3)34-20-13-19-26(8,15-33-19)23-17(5)28(32)14-18(29)16(4)21(25(28,6)7)22(30)24(31)27(20,23)9/h17-20,22-23,29-30,32H,10-15H2,1-9H3/t17?,18-,19+,20-,22+,23?,26+,27+,28+/m0/s1. The molecule has 2 bridgehead atoms. The molecule has 1 heterocycles. The summed E-state index contributed by atoms with van der Waals surface area (Å²) in [6, 6.07) is 2.92. The van der Waals surface area contributed by atoms with Gasteiger partial charge in [-0.2, -0.15) is 0 Å². The Hall–Kier alpha value is -0.573. The van der Waals surface area contributed by atoms with Crippen LogP contribution >= 0.6 is 0 Å². The van der Waals surface area contributed by atoms with Gasteiger partial charge < -0.3 is 24.5 Å². The summed E-state index contributed by atoms with van der Waals surface area (Å²) in [6.45, 7) is 18.9. The van der Waals surface area contributed by atoms with Gasteiger partial charge in [0.1, 0.15) is 6.10 Å². The highest BCUT2D eigenvalue weighted by atomic mass is 28.4. The van der Waals surface area contributed by atoms with E-state index in [4.69, 9.17) is 9.16 Å². The molecule has 3 fully saturated rings. The summed E-state index contributed by atoms with van der Waals surface area (Å²) in [4.78, 5) is 14.6. The van der Waals surface area contributed by atoms with Gasteiger partial charge in [-0.15, -0.1) is 0 Å². The first-order valence-electron chi connectivity index (χ1n) is 13.7. The number of fused-ring (bicyclic) bond motifs is 5. The molecule has 0 aromatic heterocycles. The van der Waals surface area contributed by atoms with Crippen LogP contribution in [0.15, 0.2) is 11.1 Å². The third-order valence-corrected chi connectivity index (χ3v) is 16.3. The van der Waals surface area contributed by atoms with E-state index in [1.165, 1.54) is 0 Å². The molecule has 6 nitrogen and oxygen atoms in total. The van der Waals surface area contributed by atoms with E-state index in [-0.39, 0.29) is 41.7 Å². The fourth-order valence-electron chi connectivity index (χ4n) is 8.91. The Labute approximate surface area is 212 Å². The molecule has 0 aromatic carbocycles. The zero-order valence-electron chi connectivity index (χ0n) is 23.3. The van der Waals surface area contributed by atoms with E-state index in [9.17, 15) is 20.1 Å². The topological polar surface area (TPSA) is 96.2 Å². The van der Waals surface area contributed by atoms with Gasteiger partial charge in [-0.05, 0) is 55.0 Å². The van der Waals surface area contributed by atoms with Crippen LogP contribution in [0.4, 0.5) is 0 Å². The van der Waals surface area contributed by atoms with Crippen LogP contribution in [0.3, 0.4) is 0 Å². The lowest BCUT2D eigenvalue weighted by atomic mass is 9.40. The van der Waals surface area contributed by atoms with Crippen molar-refractivity contribution in [3.8, 4) is 0 Å². The van der Waals surface area contributed by atoms with Gasteiger partial charge >= 0.3 is 0 Å². The van der Waals surface area contributed by atoms with Crippen LogP contribution in [0.5, 0.6) is 0 Å². The van der Waals surface area contributed by atoms with Crippen molar-refractivity contribution in [3.63, 3.8) is 0 Å². The van der Waals surface area contributed by atoms with Crippen LogP contribution in [0.2, 0.25) is 18.1 Å². The lowest BCUT2D eigenvalue weighted by Gasteiger charge is -2.69. The number of aliphatic hydroxyl groups is 3. The summed E-state index contributed by atoms with van der Waals surface area (Å²) in [5.41, 5.74) is -2.37. The van der Waals surface area contributed by atoms with Crippen molar-refractivity contribution >= 4 is 14.1 Å². The number of aliphatic hydroxyl groups excluding tert-OH is 2. The third-order valence-electron chi connectivity index (χ3n) is 11.6. The zero-order valence-corrected chi connectivity index (χ0v) is 24.3. The van der Waals surface area contributed by atoms with Gasteiger partial charge in [0, 0.05) is 23.7 Å². The third kappa shape index (κ3) is 3.34. The maximum Gasteiger partial charge on any atom is 0.192 e. The fourth-order valence-corrected chi connectivity index (χ4v) is 11.9. The Morgan fingerprint density at radius 3 is 2.14 bits per heavy atom. The van der Waals surface area contributed by atoms with E-state index in [0.717, 1.165) is 18.1 Å². The van der Waals surface area contributed by atoms with Crippen LogP contribution in [0.25, 0.3) is 0 Å². The van der Waals surface area contributed by atoms with Crippen molar-refractivity contribution in [1.82, 2.24) is 0 Å². The molecule has 4 rings (SSSR count). The number of hydrogen-bond acceptors (Lipinski definition) is 6. The number of Topliss-reactive ketones (excluding diaryl/α,β-unsaturated/α-hetero) is 1. The van der Waals surface area contributed by atoms with Gasteiger partial charge in [-0.1, -0.05) is 48.5 Å². The SMILES string of the molecule is CC[Si](CC)(CC)O[C@H]1C[C@H]2OC[C@@]2(C)C2C(C)[C@]3(O)C[C@H](O)C(C)=C([C@@H](O)C(=O)[C@@]21C)C3(C)C. The Morgan fingerprint density at radius 1 is 1.09 bits per heavy atom. The molecule has 3 N–H and O–H groups in total. The molecule has 35 heavy (non-hydrogen) atoms. The van der Waals surface area contributed by atoms with Crippen molar-refractivity contribution < 1.29 is 29.3 Å². The Balaban J connectivity index is 1.97. The predicted molar refractivity (Wildman–Crippen MR) is 138 cm³/mol. The second kappa shape index (κ2) is 8.47. The average Bonchev–Trinajstić information content (AvgIpc) is 2.80. The number of ketones is 1. The van der Waals surface area contributed by atoms with Crippen molar-refractivity contribution in [2.45, 2.75) is 123 Å². The Morgan fingerprint density at radius 2 is 1.66 bits per heavy atom. The molecule has 9 atom stereocenters. The van der Waals surface area contributed by atoms with Crippen molar-refractivity contribution in [2.24, 2.45) is 28.1 Å². The Bertz CT molecular complexity index is 903. The number of carbonyl (C=O) groups excluding carboxylic acids is 1. The fraction of sp³-hybridized carbons (Fsp3) is 0.893. The average molecular weight is 509 g/mol. The van der Waals surface area contributed by atoms with Gasteiger partial charge in [0.15, 0.2) is 14.1 Å². The Kier molecular flexibility index (Phi) is 6.64. The number of ether oxygens (including phenoxy) is 1. The molecule has 4 aliphatic rings. The van der Waals surface area contributed by atoms with E-state index >= 15 is 0 Å². The predicted octanol–water partition coefficient (Wildman–Crippen LogP) is 4.23. The van der Waals surface area contributed by atoms with E-state index in [2.05, 4.69) is 27.7 Å². The molecule has 200 valence electrons. The summed E-state index contributed by atoms with van der Waals surface area (Å²) >= 11 is 0. The molecular formula is C28H48O6Si. The molecule has 0 amide bonds. The minimum Gasteiger partial charge on any atom is -0.413 e. The highest BCUT2D eigenvalue weighted by Crippen LogP contribution is 2.67. The van der Waals surface area contributed by atoms with Crippen molar-refractivity contribution in [3.05, 3.63) is 11.1 Å². The largest absolute Gasteiger partial charge is 0.413 e. The monoisotopic (exact) mass is 508 g/mol. The molecule has 2 saturated carbocycles. The lowest BCUT2D eigenvalue weighted by molar-refractivity contribution is -0.300. The minimum absolute atomic E-state index is 0.0494. The molecule has 3 aliphatic carbocycles. The first kappa shape index (κ1) is 27.5. The van der Waals surface area contributed by atoms with Gasteiger partial charge in [0.2, 0.25) is 0 Å². The number of rotatable bonds is 5. The van der Waals surface area contributed by atoms with E-state index in [1.807, 2.05) is 27.7 Å². The quantitative estimate of drug-likeness (QED) is 0.380. The van der Waals surface area contributed by atoms with E-state index in [0.29, 0.717) is 24.2 Å². The summed E-state index contributed by atoms with van der Waals surface area (Å²) in [5, 5.41) is 35.2. The number of hydrogen-bond donors (Lipinski definition) is 3. The maximum atomic E-state index is 14.6. The molecule has 0 spiro atoms. The summed E-state index contributed by atoms with van der Waals surface area (Å²) in [7, 11) is -2.09. The minimum atomic E-state index is -2.09. The highest BCUT2D eigenvalue weighted by Gasteiger charge is 2.73. The van der Waals surface area contributed by atoms with Crippen molar-refractivity contribution in [1.29, 1.82) is 0 Å². The normalized spacial score (nSPS) is 47.4. The zero-order chi connectivity index (χ0) is 26.4. The molecule has 2 unspecified atom stereocenters. The number of carbonyl (C=O) groups is 1. The molecule has 0 aromatic rings. The summed E-state index contributed by atoms with van der Waals surface area (Å²) in [5.74, 6) is -0.806. The van der Waals surface area contributed by atoms with E-state index in [1.54, 1.807) is 6.92 Å². The van der Waals surface area contributed by atoms with Crippen molar-refractivity contribution in [2.75, 3.05) is 6.61 Å². The van der Waals surface area contributed by atoms with Crippen LogP contribution in [0.1, 0.15) is 75.2 Å². The second-order valence-corrected chi connectivity index (χ2v) is 17.8. The molecule has 1 aliphatic heterocycles. The van der Waals surface area contributed by atoms with Crippen LogP contribution in [-0.4, -0.2) is 66.0 Å². The van der Waals surface area contributed by atoms with E-state index < -0.39 is 37.0 Å². The van der Waals surface area contributed by atoms with Gasteiger partial charge in [0.05, 0.1) is 35.9 Å².